The predicted molar refractivity (Wildman–Crippen MR) is 386 cm³/mol. The summed E-state index contributed by atoms with van der Waals surface area (Å²) in [5.74, 6) is 0.913. The van der Waals surface area contributed by atoms with Crippen molar-refractivity contribution in [3.05, 3.63) is 0 Å². The first-order valence-electron chi connectivity index (χ1n) is 39.2. The number of hydrogen-bond donors (Lipinski definition) is 3. The van der Waals surface area contributed by atoms with E-state index >= 15 is 0 Å². The zero-order valence-corrected chi connectivity index (χ0v) is 64.1. The molecule has 19 heteroatoms. The van der Waals surface area contributed by atoms with E-state index in [0.29, 0.717) is 31.6 Å². The van der Waals surface area contributed by atoms with Gasteiger partial charge in [-0.15, -0.1) is 0 Å². The Morgan fingerprint density at radius 1 is 0.263 bits per heavy atom. The largest absolute Gasteiger partial charge is 0.472 e. The molecule has 0 amide bonds. The van der Waals surface area contributed by atoms with Gasteiger partial charge in [-0.1, -0.05) is 331 Å². The topological polar surface area (TPSA) is 237 Å². The number of phosphoric ester groups is 2. The normalized spacial score (nSPS) is 14.1. The highest BCUT2D eigenvalue weighted by molar-refractivity contribution is 7.47. The standard InChI is InChI=1S/C76H148O17P2/c1-66(2)52-44-36-28-21-15-11-9-10-12-18-25-33-42-50-58-75(80)93-72(63-87-74(79)57-49-41-35-27-31-39-47-55-69(7)8)65-91-95(84,85)89-61-70(77)60-88-94(82,83)90-64-71(92-76(81)59-51-43-34-26-20-19-23-30-38-46-54-68(5)6)62-86-73(78)56-48-40-32-24-17-14-13-16-22-29-37-45-53-67(3)4/h66-72,77H,9-65H2,1-8H3,(H,82,83)(H,84,85)/t70?,71-,72-/m1/s1. The van der Waals surface area contributed by atoms with Gasteiger partial charge < -0.3 is 33.8 Å². The number of phosphoric acid groups is 2. The fraction of sp³-hybridized carbons (Fsp3) is 0.947. The molecule has 5 atom stereocenters. The fourth-order valence-electron chi connectivity index (χ4n) is 11.6. The van der Waals surface area contributed by atoms with Gasteiger partial charge in [0.1, 0.15) is 19.3 Å². The van der Waals surface area contributed by atoms with Crippen LogP contribution in [-0.4, -0.2) is 96.7 Å². The number of hydrogen-bond acceptors (Lipinski definition) is 15. The predicted octanol–water partition coefficient (Wildman–Crippen LogP) is 22.0. The van der Waals surface area contributed by atoms with Crippen molar-refractivity contribution in [1.82, 2.24) is 0 Å². The summed E-state index contributed by atoms with van der Waals surface area (Å²) in [5.41, 5.74) is 0. The summed E-state index contributed by atoms with van der Waals surface area (Å²) in [6.45, 7) is 14.2. The lowest BCUT2D eigenvalue weighted by molar-refractivity contribution is -0.161. The number of ether oxygens (including phenoxy) is 4. The van der Waals surface area contributed by atoms with Gasteiger partial charge in [-0.3, -0.25) is 37.3 Å². The van der Waals surface area contributed by atoms with E-state index in [4.69, 9.17) is 37.0 Å². The Morgan fingerprint density at radius 2 is 0.442 bits per heavy atom. The van der Waals surface area contributed by atoms with Gasteiger partial charge in [0.15, 0.2) is 12.2 Å². The van der Waals surface area contributed by atoms with Crippen molar-refractivity contribution in [3.8, 4) is 0 Å². The van der Waals surface area contributed by atoms with E-state index in [1.54, 1.807) is 0 Å². The van der Waals surface area contributed by atoms with E-state index in [1.807, 2.05) is 0 Å². The summed E-state index contributed by atoms with van der Waals surface area (Å²) in [6, 6.07) is 0. The van der Waals surface area contributed by atoms with Crippen LogP contribution in [0.5, 0.6) is 0 Å². The highest BCUT2D eigenvalue weighted by atomic mass is 31.2. The number of unbranched alkanes of at least 4 members (excludes halogenated alkanes) is 39. The van der Waals surface area contributed by atoms with Crippen LogP contribution in [0.25, 0.3) is 0 Å². The summed E-state index contributed by atoms with van der Waals surface area (Å²) in [5, 5.41) is 10.6. The molecule has 0 aromatic rings. The number of carbonyl (C=O) groups is 4. The van der Waals surface area contributed by atoms with Gasteiger partial charge in [0.25, 0.3) is 0 Å². The number of esters is 4. The molecule has 564 valence electrons. The van der Waals surface area contributed by atoms with Crippen LogP contribution in [0.15, 0.2) is 0 Å². The molecular formula is C76H148O17P2. The Hall–Kier alpha value is -1.94. The lowest BCUT2D eigenvalue weighted by atomic mass is 10.0. The Labute approximate surface area is 581 Å². The van der Waals surface area contributed by atoms with Crippen molar-refractivity contribution in [2.24, 2.45) is 23.7 Å². The molecule has 3 N–H and O–H groups in total. The third-order valence-corrected chi connectivity index (χ3v) is 19.5. The lowest BCUT2D eigenvalue weighted by Crippen LogP contribution is -2.30. The number of aliphatic hydroxyl groups excluding tert-OH is 1. The van der Waals surface area contributed by atoms with Crippen molar-refractivity contribution in [3.63, 3.8) is 0 Å². The molecule has 0 radical (unpaired) electrons. The minimum atomic E-state index is -4.96. The third kappa shape index (κ3) is 70.3. The first kappa shape index (κ1) is 93.1. The van der Waals surface area contributed by atoms with Crippen LogP contribution in [0.2, 0.25) is 0 Å². The van der Waals surface area contributed by atoms with E-state index in [0.717, 1.165) is 114 Å². The molecule has 0 aromatic carbocycles. The first-order chi connectivity index (χ1) is 45.6. The van der Waals surface area contributed by atoms with Crippen LogP contribution in [-0.2, 0) is 65.4 Å². The SMILES string of the molecule is CC(C)CCCCCCCCCCCCCCCCC(=O)O[C@H](COC(=O)CCCCCCCCCC(C)C)COP(=O)(O)OCC(O)COP(=O)(O)OC[C@@H](COC(=O)CCCCCCCCCCCCCCC(C)C)OC(=O)CCCCCCCCCCCCC(C)C. The van der Waals surface area contributed by atoms with E-state index in [2.05, 4.69) is 55.4 Å². The monoisotopic (exact) mass is 1400 g/mol. The molecule has 95 heavy (non-hydrogen) atoms. The van der Waals surface area contributed by atoms with E-state index in [1.165, 1.54) is 180 Å². The zero-order valence-electron chi connectivity index (χ0n) is 62.3. The van der Waals surface area contributed by atoms with E-state index in [-0.39, 0.29) is 25.7 Å². The summed E-state index contributed by atoms with van der Waals surface area (Å²) in [6.07, 6.45) is 50.0. The maximum atomic E-state index is 13.1. The molecule has 0 saturated heterocycles. The smallest absolute Gasteiger partial charge is 0.462 e. The van der Waals surface area contributed by atoms with Gasteiger partial charge in [0.05, 0.1) is 26.4 Å². The van der Waals surface area contributed by atoms with Crippen LogP contribution < -0.4 is 0 Å². The molecule has 0 rings (SSSR count). The second kappa shape index (κ2) is 65.4. The van der Waals surface area contributed by atoms with E-state index < -0.39 is 97.5 Å². The van der Waals surface area contributed by atoms with Crippen molar-refractivity contribution >= 4 is 39.5 Å². The van der Waals surface area contributed by atoms with Crippen molar-refractivity contribution in [2.45, 2.75) is 401 Å². The molecule has 17 nitrogen and oxygen atoms in total. The molecule has 0 fully saturated rings. The van der Waals surface area contributed by atoms with Crippen molar-refractivity contribution < 1.29 is 80.2 Å². The van der Waals surface area contributed by atoms with Gasteiger partial charge in [0.2, 0.25) is 0 Å². The second-order valence-electron chi connectivity index (χ2n) is 29.3. The van der Waals surface area contributed by atoms with Gasteiger partial charge in [0, 0.05) is 25.7 Å². The van der Waals surface area contributed by atoms with Crippen molar-refractivity contribution in [1.29, 1.82) is 0 Å². The molecule has 0 heterocycles. The molecule has 3 unspecified atom stereocenters. The first-order valence-corrected chi connectivity index (χ1v) is 42.2. The Balaban J connectivity index is 5.24. The number of rotatable bonds is 73. The Bertz CT molecular complexity index is 1870. The molecule has 0 aliphatic rings. The van der Waals surface area contributed by atoms with Gasteiger partial charge in [-0.2, -0.15) is 0 Å². The number of aliphatic hydroxyl groups is 1. The maximum Gasteiger partial charge on any atom is 0.472 e. The minimum Gasteiger partial charge on any atom is -0.462 e. The summed E-state index contributed by atoms with van der Waals surface area (Å²) < 4.78 is 68.5. The van der Waals surface area contributed by atoms with Crippen LogP contribution >= 0.6 is 15.6 Å². The summed E-state index contributed by atoms with van der Waals surface area (Å²) in [4.78, 5) is 72.8. The molecule has 0 saturated carbocycles. The molecule has 0 spiro atoms. The maximum absolute atomic E-state index is 13.1. The van der Waals surface area contributed by atoms with Crippen LogP contribution in [0, 0.1) is 23.7 Å². The lowest BCUT2D eigenvalue weighted by Gasteiger charge is -2.21. The summed E-state index contributed by atoms with van der Waals surface area (Å²) in [7, 11) is -9.91. The van der Waals surface area contributed by atoms with Gasteiger partial charge in [-0.05, 0) is 49.4 Å². The Kier molecular flexibility index (Phi) is 64.0. The molecule has 0 bridgehead atoms. The minimum absolute atomic E-state index is 0.105. The van der Waals surface area contributed by atoms with Crippen LogP contribution in [0.4, 0.5) is 0 Å². The Morgan fingerprint density at radius 3 is 0.653 bits per heavy atom. The van der Waals surface area contributed by atoms with Crippen LogP contribution in [0.3, 0.4) is 0 Å². The average molecular weight is 1400 g/mol. The van der Waals surface area contributed by atoms with Crippen LogP contribution in [0.1, 0.15) is 383 Å². The highest BCUT2D eigenvalue weighted by Crippen LogP contribution is 2.45. The molecule has 0 aliphatic heterocycles. The average Bonchev–Trinajstić information content (AvgIpc) is 1.31. The highest BCUT2D eigenvalue weighted by Gasteiger charge is 2.30. The third-order valence-electron chi connectivity index (χ3n) is 17.6. The second-order valence-corrected chi connectivity index (χ2v) is 32.2. The molecule has 0 aliphatic carbocycles. The van der Waals surface area contributed by atoms with Gasteiger partial charge in [-0.25, -0.2) is 9.13 Å². The van der Waals surface area contributed by atoms with E-state index in [9.17, 15) is 43.2 Å². The van der Waals surface area contributed by atoms with Crippen molar-refractivity contribution in [2.75, 3.05) is 39.6 Å². The fourth-order valence-corrected chi connectivity index (χ4v) is 13.1. The zero-order chi connectivity index (χ0) is 70.3. The quantitative estimate of drug-likeness (QED) is 0.0222. The molecular weight excluding hydrogens is 1250 g/mol. The van der Waals surface area contributed by atoms with Gasteiger partial charge >= 0.3 is 39.5 Å². The number of carbonyl (C=O) groups excluding carboxylic acids is 4. The summed E-state index contributed by atoms with van der Waals surface area (Å²) >= 11 is 0. The molecule has 0 aromatic heterocycles.